The van der Waals surface area contributed by atoms with Crippen LogP contribution >= 0.6 is 0 Å². The van der Waals surface area contributed by atoms with Gasteiger partial charge in [0.25, 0.3) is 5.91 Å². The zero-order valence-corrected chi connectivity index (χ0v) is 15.1. The molecule has 5 heteroatoms. The molecule has 0 bridgehead atoms. The molecule has 0 aromatic heterocycles. The molecule has 2 N–H and O–H groups in total. The van der Waals surface area contributed by atoms with E-state index in [2.05, 4.69) is 40.1 Å². The van der Waals surface area contributed by atoms with Gasteiger partial charge in [-0.2, -0.15) is 0 Å². The standard InChI is InChI=1S/C21H27N3O2/c22-21(25)19-10-4-5-11-20(19)26-17-7-6-12-23-13-15-24(16-14-23)18-8-2-1-3-9-18/h1-5,8-11H,6-7,12-17H2,(H2,22,25). The number of hydrogen-bond acceptors (Lipinski definition) is 4. The van der Waals surface area contributed by atoms with Gasteiger partial charge in [0.05, 0.1) is 12.2 Å². The molecule has 1 fully saturated rings. The largest absolute Gasteiger partial charge is 0.493 e. The molecule has 0 atom stereocenters. The van der Waals surface area contributed by atoms with Gasteiger partial charge in [0.2, 0.25) is 0 Å². The number of nitrogens with two attached hydrogens (primary N) is 1. The maximum absolute atomic E-state index is 11.4. The van der Waals surface area contributed by atoms with E-state index < -0.39 is 5.91 Å². The van der Waals surface area contributed by atoms with Crippen LogP contribution < -0.4 is 15.4 Å². The lowest BCUT2D eigenvalue weighted by atomic mass is 10.2. The molecule has 26 heavy (non-hydrogen) atoms. The highest BCUT2D eigenvalue weighted by molar-refractivity contribution is 5.95. The second kappa shape index (κ2) is 9.25. The van der Waals surface area contributed by atoms with E-state index in [4.69, 9.17) is 10.5 Å². The number of rotatable bonds is 8. The third-order valence-corrected chi connectivity index (χ3v) is 4.77. The summed E-state index contributed by atoms with van der Waals surface area (Å²) in [5.41, 5.74) is 7.13. The Balaban J connectivity index is 1.33. The van der Waals surface area contributed by atoms with Crippen molar-refractivity contribution in [3.63, 3.8) is 0 Å². The molecule has 5 nitrogen and oxygen atoms in total. The van der Waals surface area contributed by atoms with Gasteiger partial charge in [-0.25, -0.2) is 0 Å². The third kappa shape index (κ3) is 4.99. The monoisotopic (exact) mass is 353 g/mol. The van der Waals surface area contributed by atoms with Gasteiger partial charge in [0.1, 0.15) is 5.75 Å². The smallest absolute Gasteiger partial charge is 0.252 e. The molecule has 0 aliphatic carbocycles. The molecule has 0 unspecified atom stereocenters. The number of hydrogen-bond donors (Lipinski definition) is 1. The molecule has 1 saturated heterocycles. The van der Waals surface area contributed by atoms with Gasteiger partial charge in [-0.1, -0.05) is 30.3 Å². The average molecular weight is 353 g/mol. The van der Waals surface area contributed by atoms with Crippen molar-refractivity contribution in [3.8, 4) is 5.75 Å². The maximum atomic E-state index is 11.4. The summed E-state index contributed by atoms with van der Waals surface area (Å²) in [7, 11) is 0. The minimum atomic E-state index is -0.447. The van der Waals surface area contributed by atoms with E-state index in [9.17, 15) is 4.79 Å². The van der Waals surface area contributed by atoms with Crippen molar-refractivity contribution in [2.24, 2.45) is 5.73 Å². The number of piperazine rings is 1. The highest BCUT2D eigenvalue weighted by Crippen LogP contribution is 2.18. The number of ether oxygens (including phenoxy) is 1. The first-order valence-corrected chi connectivity index (χ1v) is 9.28. The second-order valence-corrected chi connectivity index (χ2v) is 6.58. The quantitative estimate of drug-likeness (QED) is 0.742. The highest BCUT2D eigenvalue weighted by Gasteiger charge is 2.16. The van der Waals surface area contributed by atoms with Crippen LogP contribution in [-0.4, -0.2) is 50.1 Å². The lowest BCUT2D eigenvalue weighted by Crippen LogP contribution is -2.46. The fourth-order valence-electron chi connectivity index (χ4n) is 3.28. The van der Waals surface area contributed by atoms with E-state index in [0.717, 1.165) is 45.6 Å². The molecule has 138 valence electrons. The molecule has 3 rings (SSSR count). The number of para-hydroxylation sites is 2. The van der Waals surface area contributed by atoms with Crippen molar-refractivity contribution in [3.05, 3.63) is 60.2 Å². The number of carbonyl (C=O) groups is 1. The normalized spacial score (nSPS) is 15.0. The summed E-state index contributed by atoms with van der Waals surface area (Å²) in [6.07, 6.45) is 2.05. The summed E-state index contributed by atoms with van der Waals surface area (Å²) in [6.45, 7) is 6.04. The second-order valence-electron chi connectivity index (χ2n) is 6.58. The number of primary amides is 1. The van der Waals surface area contributed by atoms with Crippen LogP contribution in [0.25, 0.3) is 0 Å². The fraction of sp³-hybridized carbons (Fsp3) is 0.381. The SMILES string of the molecule is NC(=O)c1ccccc1OCCCCN1CCN(c2ccccc2)CC1. The molecule has 1 aliphatic rings. The van der Waals surface area contributed by atoms with Crippen LogP contribution in [-0.2, 0) is 0 Å². The minimum absolute atomic E-state index is 0.447. The van der Waals surface area contributed by atoms with Gasteiger partial charge in [-0.05, 0) is 43.7 Å². The van der Waals surface area contributed by atoms with E-state index in [-0.39, 0.29) is 0 Å². The Morgan fingerprint density at radius 1 is 0.923 bits per heavy atom. The van der Waals surface area contributed by atoms with Crippen LogP contribution in [0.15, 0.2) is 54.6 Å². The van der Waals surface area contributed by atoms with Gasteiger partial charge in [-0.3, -0.25) is 9.69 Å². The van der Waals surface area contributed by atoms with Crippen LogP contribution in [0.5, 0.6) is 5.75 Å². The molecule has 1 amide bonds. The van der Waals surface area contributed by atoms with Crippen molar-refractivity contribution < 1.29 is 9.53 Å². The number of amides is 1. The van der Waals surface area contributed by atoms with E-state index >= 15 is 0 Å². The topological polar surface area (TPSA) is 58.8 Å². The van der Waals surface area contributed by atoms with Crippen LogP contribution in [0.4, 0.5) is 5.69 Å². The Morgan fingerprint density at radius 2 is 1.62 bits per heavy atom. The van der Waals surface area contributed by atoms with E-state index in [0.29, 0.717) is 17.9 Å². The number of nitrogens with zero attached hydrogens (tertiary/aromatic N) is 2. The summed E-state index contributed by atoms with van der Waals surface area (Å²) in [5.74, 6) is 0.133. The summed E-state index contributed by atoms with van der Waals surface area (Å²) < 4.78 is 5.74. The number of unbranched alkanes of at least 4 members (excludes halogenated alkanes) is 1. The summed E-state index contributed by atoms with van der Waals surface area (Å²) >= 11 is 0. The molecular formula is C21H27N3O2. The van der Waals surface area contributed by atoms with E-state index in [1.165, 1.54) is 5.69 Å². The van der Waals surface area contributed by atoms with Crippen molar-refractivity contribution in [2.45, 2.75) is 12.8 Å². The third-order valence-electron chi connectivity index (χ3n) is 4.77. The molecule has 0 radical (unpaired) electrons. The Bertz CT molecular complexity index is 697. The van der Waals surface area contributed by atoms with Crippen molar-refractivity contribution >= 4 is 11.6 Å². The predicted molar refractivity (Wildman–Crippen MR) is 105 cm³/mol. The number of carbonyl (C=O) groups excluding carboxylic acids is 1. The van der Waals surface area contributed by atoms with E-state index in [1.807, 2.05) is 6.07 Å². The fourth-order valence-corrected chi connectivity index (χ4v) is 3.28. The van der Waals surface area contributed by atoms with Gasteiger partial charge < -0.3 is 15.4 Å². The summed E-state index contributed by atoms with van der Waals surface area (Å²) in [6, 6.07) is 17.7. The molecule has 0 spiro atoms. The highest BCUT2D eigenvalue weighted by atomic mass is 16.5. The minimum Gasteiger partial charge on any atom is -0.493 e. The zero-order valence-electron chi connectivity index (χ0n) is 15.1. The van der Waals surface area contributed by atoms with Gasteiger partial charge >= 0.3 is 0 Å². The zero-order chi connectivity index (χ0) is 18.2. The lowest BCUT2D eigenvalue weighted by molar-refractivity contribution is 0.0996. The van der Waals surface area contributed by atoms with Crippen LogP contribution in [0, 0.1) is 0 Å². The Kier molecular flexibility index (Phi) is 6.50. The molecule has 0 saturated carbocycles. The summed E-state index contributed by atoms with van der Waals surface area (Å²) in [4.78, 5) is 16.3. The molecule has 1 aliphatic heterocycles. The van der Waals surface area contributed by atoms with E-state index in [1.54, 1.807) is 18.2 Å². The molecule has 1 heterocycles. The Hall–Kier alpha value is -2.53. The Morgan fingerprint density at radius 3 is 2.35 bits per heavy atom. The maximum Gasteiger partial charge on any atom is 0.252 e. The Labute approximate surface area is 155 Å². The first-order valence-electron chi connectivity index (χ1n) is 9.28. The van der Waals surface area contributed by atoms with Crippen molar-refractivity contribution in [1.29, 1.82) is 0 Å². The van der Waals surface area contributed by atoms with Crippen LogP contribution in [0.2, 0.25) is 0 Å². The first kappa shape index (κ1) is 18.3. The predicted octanol–water partition coefficient (Wildman–Crippen LogP) is 2.77. The van der Waals surface area contributed by atoms with Gasteiger partial charge in [0, 0.05) is 31.9 Å². The number of benzene rings is 2. The lowest BCUT2D eigenvalue weighted by Gasteiger charge is -2.36. The number of anilines is 1. The summed E-state index contributed by atoms with van der Waals surface area (Å²) in [5, 5.41) is 0. The van der Waals surface area contributed by atoms with Crippen LogP contribution in [0.3, 0.4) is 0 Å². The molecule has 2 aromatic carbocycles. The molecular weight excluding hydrogens is 326 g/mol. The molecule has 2 aromatic rings. The average Bonchev–Trinajstić information content (AvgIpc) is 2.69. The first-order chi connectivity index (χ1) is 12.7. The van der Waals surface area contributed by atoms with Gasteiger partial charge in [0.15, 0.2) is 0 Å². The van der Waals surface area contributed by atoms with Crippen LogP contribution in [0.1, 0.15) is 23.2 Å². The van der Waals surface area contributed by atoms with Gasteiger partial charge in [-0.15, -0.1) is 0 Å². The van der Waals surface area contributed by atoms with Crippen molar-refractivity contribution in [1.82, 2.24) is 4.90 Å². The van der Waals surface area contributed by atoms with Crippen molar-refractivity contribution in [2.75, 3.05) is 44.2 Å².